The predicted octanol–water partition coefficient (Wildman–Crippen LogP) is 4.07. The number of fused-ring (bicyclic) bond motifs is 1. The zero-order chi connectivity index (χ0) is 22.1. The van der Waals surface area contributed by atoms with Crippen LogP contribution in [0, 0.1) is 19.8 Å². The average Bonchev–Trinajstić information content (AvgIpc) is 3.58. The van der Waals surface area contributed by atoms with E-state index in [0.29, 0.717) is 6.54 Å². The molecule has 0 aliphatic carbocycles. The van der Waals surface area contributed by atoms with Crippen molar-refractivity contribution in [2.75, 3.05) is 37.6 Å². The van der Waals surface area contributed by atoms with E-state index in [-0.39, 0.29) is 17.9 Å². The number of nitrogens with zero attached hydrogens (tertiary/aromatic N) is 4. The van der Waals surface area contributed by atoms with Crippen LogP contribution in [0.5, 0.6) is 0 Å². The van der Waals surface area contributed by atoms with Crippen LogP contribution in [-0.4, -0.2) is 53.5 Å². The van der Waals surface area contributed by atoms with Gasteiger partial charge in [-0.15, -0.1) is 11.3 Å². The van der Waals surface area contributed by atoms with Gasteiger partial charge in [-0.05, 0) is 70.3 Å². The van der Waals surface area contributed by atoms with Crippen molar-refractivity contribution in [2.45, 2.75) is 45.6 Å². The summed E-state index contributed by atoms with van der Waals surface area (Å²) in [5.41, 5.74) is 1.27. The molecule has 2 aliphatic heterocycles. The number of hydrogen-bond donors (Lipinski definition) is 1. The zero-order valence-corrected chi connectivity index (χ0v) is 19.7. The summed E-state index contributed by atoms with van der Waals surface area (Å²) in [7, 11) is 0. The molecule has 2 fully saturated rings. The number of thiophene rings is 1. The van der Waals surface area contributed by atoms with Gasteiger partial charge < -0.3 is 14.6 Å². The summed E-state index contributed by atoms with van der Waals surface area (Å²) in [6, 6.07) is 4.07. The van der Waals surface area contributed by atoms with Gasteiger partial charge in [0.15, 0.2) is 0 Å². The Morgan fingerprint density at radius 3 is 2.72 bits per heavy atom. The summed E-state index contributed by atoms with van der Waals surface area (Å²) in [5, 5.41) is 4.40. The SMILES string of the molecule is Cc1sc2ncnc(N3CCC(C(=O)NCC(c4ccco4)N4CCCC4)CC3)c2c1C. The van der Waals surface area contributed by atoms with Crippen molar-refractivity contribution < 1.29 is 9.21 Å². The largest absolute Gasteiger partial charge is 0.468 e. The molecule has 3 aromatic rings. The number of piperidine rings is 1. The fourth-order valence-electron chi connectivity index (χ4n) is 5.04. The fourth-order valence-corrected chi connectivity index (χ4v) is 6.03. The van der Waals surface area contributed by atoms with Crippen LogP contribution in [0.25, 0.3) is 10.2 Å². The highest BCUT2D eigenvalue weighted by molar-refractivity contribution is 7.18. The molecule has 1 atom stereocenters. The number of rotatable bonds is 6. The molecule has 0 saturated carbocycles. The van der Waals surface area contributed by atoms with Gasteiger partial charge in [0.05, 0.1) is 17.7 Å². The summed E-state index contributed by atoms with van der Waals surface area (Å²) in [5.74, 6) is 2.17. The first-order valence-corrected chi connectivity index (χ1v) is 12.4. The van der Waals surface area contributed by atoms with E-state index in [1.165, 1.54) is 28.7 Å². The van der Waals surface area contributed by atoms with Gasteiger partial charge in [-0.1, -0.05) is 0 Å². The van der Waals surface area contributed by atoms with Gasteiger partial charge in [-0.2, -0.15) is 0 Å². The number of nitrogens with one attached hydrogen (secondary N) is 1. The topological polar surface area (TPSA) is 74.5 Å². The molecular weight excluding hydrogens is 422 g/mol. The number of likely N-dealkylation sites (tertiary alicyclic amines) is 1. The minimum Gasteiger partial charge on any atom is -0.468 e. The lowest BCUT2D eigenvalue weighted by Crippen LogP contribution is -2.43. The molecule has 1 N–H and O–H groups in total. The number of aromatic nitrogens is 2. The summed E-state index contributed by atoms with van der Waals surface area (Å²) >= 11 is 1.73. The van der Waals surface area contributed by atoms with E-state index in [9.17, 15) is 4.79 Å². The summed E-state index contributed by atoms with van der Waals surface area (Å²) in [6.07, 6.45) is 7.49. The van der Waals surface area contributed by atoms with E-state index >= 15 is 0 Å². The van der Waals surface area contributed by atoms with Gasteiger partial charge in [0.25, 0.3) is 0 Å². The number of carbonyl (C=O) groups is 1. The van der Waals surface area contributed by atoms with Crippen LogP contribution < -0.4 is 10.2 Å². The van der Waals surface area contributed by atoms with Crippen LogP contribution in [0.4, 0.5) is 5.82 Å². The van der Waals surface area contributed by atoms with Crippen molar-refractivity contribution in [1.82, 2.24) is 20.2 Å². The molecule has 3 aromatic heterocycles. The number of anilines is 1. The first kappa shape index (κ1) is 21.4. The third-order valence-corrected chi connectivity index (χ3v) is 8.15. The highest BCUT2D eigenvalue weighted by atomic mass is 32.1. The van der Waals surface area contributed by atoms with Gasteiger partial charge in [0.1, 0.15) is 22.7 Å². The molecule has 7 nitrogen and oxygen atoms in total. The van der Waals surface area contributed by atoms with Gasteiger partial charge in [0.2, 0.25) is 5.91 Å². The van der Waals surface area contributed by atoms with Crippen LogP contribution in [0.15, 0.2) is 29.1 Å². The number of aryl methyl sites for hydroxylation is 2. The Bertz CT molecular complexity index is 1070. The molecule has 0 radical (unpaired) electrons. The number of amides is 1. The second-order valence-corrected chi connectivity index (χ2v) is 10.1. The molecule has 2 saturated heterocycles. The molecule has 5 heterocycles. The third-order valence-electron chi connectivity index (χ3n) is 7.03. The molecule has 32 heavy (non-hydrogen) atoms. The normalized spacial score (nSPS) is 19.0. The van der Waals surface area contributed by atoms with E-state index in [0.717, 1.165) is 55.4 Å². The quantitative estimate of drug-likeness (QED) is 0.606. The van der Waals surface area contributed by atoms with E-state index in [2.05, 4.69) is 38.9 Å². The lowest BCUT2D eigenvalue weighted by atomic mass is 9.95. The fraction of sp³-hybridized carbons (Fsp3) is 0.542. The second kappa shape index (κ2) is 9.19. The molecule has 1 amide bonds. The van der Waals surface area contributed by atoms with Gasteiger partial charge in [0, 0.05) is 30.4 Å². The summed E-state index contributed by atoms with van der Waals surface area (Å²) in [4.78, 5) is 29.2. The monoisotopic (exact) mass is 453 g/mol. The van der Waals surface area contributed by atoms with E-state index < -0.39 is 0 Å². The van der Waals surface area contributed by atoms with E-state index in [1.54, 1.807) is 23.9 Å². The Balaban J connectivity index is 1.21. The lowest BCUT2D eigenvalue weighted by molar-refractivity contribution is -0.125. The van der Waals surface area contributed by atoms with Crippen LogP contribution in [0.3, 0.4) is 0 Å². The molecule has 5 rings (SSSR count). The van der Waals surface area contributed by atoms with Crippen molar-refractivity contribution >= 4 is 33.3 Å². The van der Waals surface area contributed by atoms with Crippen molar-refractivity contribution in [3.63, 3.8) is 0 Å². The standard InChI is InChI=1S/C24H31N5O2S/c1-16-17(2)32-24-21(16)22(26-15-27-24)29-11-7-18(8-12-29)23(30)25-14-19(20-6-5-13-31-20)28-9-3-4-10-28/h5-6,13,15,18-19H,3-4,7-12,14H2,1-2H3,(H,25,30). The highest BCUT2D eigenvalue weighted by Gasteiger charge is 2.30. The Hall–Kier alpha value is -2.45. The van der Waals surface area contributed by atoms with Gasteiger partial charge in [-0.3, -0.25) is 9.69 Å². The number of carbonyl (C=O) groups excluding carboxylic acids is 1. The maximum absolute atomic E-state index is 13.0. The molecule has 0 aromatic carbocycles. The predicted molar refractivity (Wildman–Crippen MR) is 127 cm³/mol. The number of furan rings is 1. The van der Waals surface area contributed by atoms with Crippen LogP contribution in [-0.2, 0) is 4.79 Å². The van der Waals surface area contributed by atoms with Gasteiger partial charge in [-0.25, -0.2) is 9.97 Å². The number of hydrogen-bond acceptors (Lipinski definition) is 7. The van der Waals surface area contributed by atoms with Crippen molar-refractivity contribution in [1.29, 1.82) is 0 Å². The average molecular weight is 454 g/mol. The summed E-state index contributed by atoms with van der Waals surface area (Å²) < 4.78 is 5.68. The molecule has 0 spiro atoms. The first-order chi connectivity index (χ1) is 15.6. The van der Waals surface area contributed by atoms with E-state index in [4.69, 9.17) is 4.42 Å². The highest BCUT2D eigenvalue weighted by Crippen LogP contribution is 2.35. The Morgan fingerprint density at radius 1 is 1.22 bits per heavy atom. The van der Waals surface area contributed by atoms with Crippen molar-refractivity contribution in [3.8, 4) is 0 Å². The molecular formula is C24H31N5O2S. The third kappa shape index (κ3) is 4.13. The first-order valence-electron chi connectivity index (χ1n) is 11.6. The van der Waals surface area contributed by atoms with E-state index in [1.807, 2.05) is 12.1 Å². The molecule has 2 aliphatic rings. The Kier molecular flexibility index (Phi) is 6.15. The van der Waals surface area contributed by atoms with Crippen LogP contribution in [0.2, 0.25) is 0 Å². The maximum Gasteiger partial charge on any atom is 0.223 e. The molecule has 1 unspecified atom stereocenters. The van der Waals surface area contributed by atoms with Crippen LogP contribution in [0.1, 0.15) is 47.9 Å². The Morgan fingerprint density at radius 2 is 2.00 bits per heavy atom. The molecule has 0 bridgehead atoms. The molecule has 170 valence electrons. The lowest BCUT2D eigenvalue weighted by Gasteiger charge is -2.33. The van der Waals surface area contributed by atoms with Gasteiger partial charge >= 0.3 is 0 Å². The minimum atomic E-state index is 0.0460. The van der Waals surface area contributed by atoms with Crippen molar-refractivity contribution in [3.05, 3.63) is 40.9 Å². The Labute approximate surface area is 192 Å². The molecule has 8 heteroatoms. The smallest absolute Gasteiger partial charge is 0.223 e. The second-order valence-electron chi connectivity index (χ2n) is 8.94. The zero-order valence-electron chi connectivity index (χ0n) is 18.8. The minimum absolute atomic E-state index is 0.0460. The summed E-state index contributed by atoms with van der Waals surface area (Å²) in [6.45, 7) is 8.70. The van der Waals surface area contributed by atoms with Crippen molar-refractivity contribution in [2.24, 2.45) is 5.92 Å². The maximum atomic E-state index is 13.0. The van der Waals surface area contributed by atoms with Crippen LogP contribution >= 0.6 is 11.3 Å².